The van der Waals surface area contributed by atoms with Crippen molar-refractivity contribution in [1.82, 2.24) is 19.4 Å². The molecule has 1 saturated heterocycles. The molecule has 7 heteroatoms. The van der Waals surface area contributed by atoms with Crippen LogP contribution < -0.4 is 5.73 Å². The van der Waals surface area contributed by atoms with E-state index in [9.17, 15) is 9.18 Å². The second kappa shape index (κ2) is 8.26. The van der Waals surface area contributed by atoms with E-state index >= 15 is 0 Å². The molecular weight excluding hydrogens is 381 g/mol. The van der Waals surface area contributed by atoms with Crippen molar-refractivity contribution in [1.29, 1.82) is 0 Å². The molecule has 1 unspecified atom stereocenters. The van der Waals surface area contributed by atoms with E-state index < -0.39 is 0 Å². The fourth-order valence-electron chi connectivity index (χ4n) is 4.05. The van der Waals surface area contributed by atoms with Crippen molar-refractivity contribution in [2.75, 3.05) is 18.8 Å². The highest BCUT2D eigenvalue weighted by Gasteiger charge is 2.27. The van der Waals surface area contributed by atoms with Crippen LogP contribution in [0.2, 0.25) is 0 Å². The van der Waals surface area contributed by atoms with Crippen molar-refractivity contribution < 1.29 is 9.18 Å². The van der Waals surface area contributed by atoms with Crippen LogP contribution in [0.3, 0.4) is 0 Å². The number of nitrogens with two attached hydrogens (primary N) is 1. The van der Waals surface area contributed by atoms with Crippen molar-refractivity contribution in [2.24, 2.45) is 13.0 Å². The topological polar surface area (TPSA) is 77.0 Å². The van der Waals surface area contributed by atoms with E-state index in [-0.39, 0.29) is 18.1 Å². The number of hydrogen-bond donors (Lipinski definition) is 1. The molecule has 1 aromatic carbocycles. The Morgan fingerprint density at radius 1 is 1.30 bits per heavy atom. The summed E-state index contributed by atoms with van der Waals surface area (Å²) in [6, 6.07) is 8.17. The first-order chi connectivity index (χ1) is 14.4. The van der Waals surface area contributed by atoms with Gasteiger partial charge in [0.05, 0.1) is 23.5 Å². The quantitative estimate of drug-likeness (QED) is 0.705. The maximum atomic E-state index is 13.4. The highest BCUT2D eigenvalue weighted by molar-refractivity contribution is 5.80. The summed E-state index contributed by atoms with van der Waals surface area (Å²) >= 11 is 0. The molecule has 3 heterocycles. The van der Waals surface area contributed by atoms with Gasteiger partial charge in [0, 0.05) is 44.5 Å². The maximum absolute atomic E-state index is 13.4. The lowest BCUT2D eigenvalue weighted by Crippen LogP contribution is -2.31. The summed E-state index contributed by atoms with van der Waals surface area (Å²) in [5, 5.41) is 0. The van der Waals surface area contributed by atoms with E-state index in [2.05, 4.69) is 9.97 Å². The summed E-state index contributed by atoms with van der Waals surface area (Å²) in [6.45, 7) is 3.31. The number of benzene rings is 1. The highest BCUT2D eigenvalue weighted by Crippen LogP contribution is 2.26. The smallest absolute Gasteiger partial charge is 0.228 e. The van der Waals surface area contributed by atoms with E-state index in [1.807, 2.05) is 35.7 Å². The molecule has 1 aliphatic heterocycles. The Kier molecular flexibility index (Phi) is 5.53. The number of aromatic nitrogens is 3. The lowest BCUT2D eigenvalue weighted by molar-refractivity contribution is -0.129. The van der Waals surface area contributed by atoms with Gasteiger partial charge in [-0.3, -0.25) is 9.78 Å². The number of rotatable bonds is 5. The standard InChI is InChI=1S/C23H26FN5O/c1-15-11-17(24)3-4-18(15)20-6-5-19(25)21(27-20)13-23(30)29-9-7-16(14-29)12-22-26-8-10-28(22)2/h3-6,8,10-11,16H,7,9,12-14,25H2,1-2H3. The Hall–Kier alpha value is -3.22. The van der Waals surface area contributed by atoms with Gasteiger partial charge in [-0.05, 0) is 55.2 Å². The molecule has 0 radical (unpaired) electrons. The Balaban J connectivity index is 1.45. The number of anilines is 1. The van der Waals surface area contributed by atoms with Gasteiger partial charge in [-0.2, -0.15) is 0 Å². The van der Waals surface area contributed by atoms with Crippen LogP contribution in [0.15, 0.2) is 42.7 Å². The van der Waals surface area contributed by atoms with Crippen molar-refractivity contribution >= 4 is 11.6 Å². The van der Waals surface area contributed by atoms with Crippen LogP contribution in [0.4, 0.5) is 10.1 Å². The first-order valence-electron chi connectivity index (χ1n) is 10.2. The zero-order valence-corrected chi connectivity index (χ0v) is 17.3. The molecule has 1 aliphatic rings. The molecule has 2 aromatic heterocycles. The van der Waals surface area contributed by atoms with Crippen molar-refractivity contribution in [2.45, 2.75) is 26.2 Å². The second-order valence-corrected chi connectivity index (χ2v) is 8.02. The molecule has 1 atom stereocenters. The third kappa shape index (κ3) is 4.20. The summed E-state index contributed by atoms with van der Waals surface area (Å²) in [5.41, 5.74) is 9.49. The third-order valence-electron chi connectivity index (χ3n) is 5.82. The summed E-state index contributed by atoms with van der Waals surface area (Å²) in [6.07, 6.45) is 5.74. The van der Waals surface area contributed by atoms with Crippen molar-refractivity contribution in [3.05, 3.63) is 65.6 Å². The van der Waals surface area contributed by atoms with Gasteiger partial charge in [-0.1, -0.05) is 0 Å². The number of pyridine rings is 1. The normalized spacial score (nSPS) is 16.2. The molecule has 6 nitrogen and oxygen atoms in total. The van der Waals surface area contributed by atoms with Gasteiger partial charge in [-0.25, -0.2) is 9.37 Å². The highest BCUT2D eigenvalue weighted by atomic mass is 19.1. The Labute approximate surface area is 175 Å². The Bertz CT molecular complexity index is 1080. The molecule has 0 spiro atoms. The predicted octanol–water partition coefficient (Wildman–Crippen LogP) is 3.15. The number of halogens is 1. The number of likely N-dealkylation sites (tertiary alicyclic amines) is 1. The first kappa shape index (κ1) is 20.1. The van der Waals surface area contributed by atoms with Crippen LogP contribution in [-0.2, 0) is 24.7 Å². The van der Waals surface area contributed by atoms with Crippen LogP contribution in [0, 0.1) is 18.7 Å². The lowest BCUT2D eigenvalue weighted by atomic mass is 10.0. The second-order valence-electron chi connectivity index (χ2n) is 8.02. The molecule has 4 rings (SSSR count). The fourth-order valence-corrected chi connectivity index (χ4v) is 4.05. The summed E-state index contributed by atoms with van der Waals surface area (Å²) in [7, 11) is 1.99. The van der Waals surface area contributed by atoms with Crippen LogP contribution in [0.5, 0.6) is 0 Å². The Morgan fingerprint density at radius 2 is 2.13 bits per heavy atom. The zero-order valence-electron chi connectivity index (χ0n) is 17.3. The van der Waals surface area contributed by atoms with Gasteiger partial charge in [0.1, 0.15) is 11.6 Å². The number of amides is 1. The Morgan fingerprint density at radius 3 is 2.87 bits per heavy atom. The molecular formula is C23H26FN5O. The summed E-state index contributed by atoms with van der Waals surface area (Å²) in [5.74, 6) is 1.21. The average Bonchev–Trinajstić information content (AvgIpc) is 3.33. The van der Waals surface area contributed by atoms with Gasteiger partial charge in [0.2, 0.25) is 5.91 Å². The molecule has 0 saturated carbocycles. The number of carbonyl (C=O) groups excluding carboxylic acids is 1. The molecule has 0 aliphatic carbocycles. The minimum absolute atomic E-state index is 0.0320. The summed E-state index contributed by atoms with van der Waals surface area (Å²) < 4.78 is 15.5. The van der Waals surface area contributed by atoms with Crippen LogP contribution in [0.1, 0.15) is 23.5 Å². The molecule has 1 amide bonds. The molecule has 1 fully saturated rings. The van der Waals surface area contributed by atoms with Crippen LogP contribution in [0.25, 0.3) is 11.3 Å². The van der Waals surface area contributed by atoms with E-state index in [1.165, 1.54) is 12.1 Å². The van der Waals surface area contributed by atoms with Crippen LogP contribution in [-0.4, -0.2) is 38.4 Å². The largest absolute Gasteiger partial charge is 0.397 e. The predicted molar refractivity (Wildman–Crippen MR) is 114 cm³/mol. The number of nitrogen functional groups attached to an aromatic ring is 1. The minimum atomic E-state index is -0.281. The van der Waals surface area contributed by atoms with E-state index in [4.69, 9.17) is 5.73 Å². The zero-order chi connectivity index (χ0) is 21.3. The van der Waals surface area contributed by atoms with E-state index in [0.717, 1.165) is 42.9 Å². The van der Waals surface area contributed by atoms with E-state index in [0.29, 0.717) is 23.0 Å². The van der Waals surface area contributed by atoms with Gasteiger partial charge >= 0.3 is 0 Å². The molecule has 3 aromatic rings. The SMILES string of the molecule is Cc1cc(F)ccc1-c1ccc(N)c(CC(=O)N2CCC(Cc3nccn3C)C2)n1. The average molecular weight is 407 g/mol. The molecule has 156 valence electrons. The van der Waals surface area contributed by atoms with Gasteiger partial charge in [0.15, 0.2) is 0 Å². The molecule has 30 heavy (non-hydrogen) atoms. The number of imidazole rings is 1. The number of nitrogens with zero attached hydrogens (tertiary/aromatic N) is 4. The van der Waals surface area contributed by atoms with Crippen LogP contribution >= 0.6 is 0 Å². The van der Waals surface area contributed by atoms with Gasteiger partial charge in [-0.15, -0.1) is 0 Å². The number of carbonyl (C=O) groups is 1. The lowest BCUT2D eigenvalue weighted by Gasteiger charge is -2.17. The fraction of sp³-hybridized carbons (Fsp3) is 0.348. The van der Waals surface area contributed by atoms with Gasteiger partial charge < -0.3 is 15.2 Å². The van der Waals surface area contributed by atoms with E-state index in [1.54, 1.807) is 18.3 Å². The third-order valence-corrected chi connectivity index (χ3v) is 5.82. The number of hydrogen-bond acceptors (Lipinski definition) is 4. The first-order valence-corrected chi connectivity index (χ1v) is 10.2. The number of aryl methyl sites for hydroxylation is 2. The summed E-state index contributed by atoms with van der Waals surface area (Å²) in [4.78, 5) is 23.8. The maximum Gasteiger partial charge on any atom is 0.228 e. The molecule has 0 bridgehead atoms. The van der Waals surface area contributed by atoms with Gasteiger partial charge in [0.25, 0.3) is 0 Å². The van der Waals surface area contributed by atoms with Crippen molar-refractivity contribution in [3.63, 3.8) is 0 Å². The molecule has 2 N–H and O–H groups in total. The van der Waals surface area contributed by atoms with Crippen molar-refractivity contribution in [3.8, 4) is 11.3 Å². The minimum Gasteiger partial charge on any atom is -0.397 e. The monoisotopic (exact) mass is 407 g/mol.